The Morgan fingerprint density at radius 2 is 1.70 bits per heavy atom. The van der Waals surface area contributed by atoms with Crippen LogP contribution in [-0.2, 0) is 6.42 Å². The molecule has 0 radical (unpaired) electrons. The third-order valence-electron chi connectivity index (χ3n) is 3.87. The Hall–Kier alpha value is -2.20. The fourth-order valence-electron chi connectivity index (χ4n) is 2.72. The lowest BCUT2D eigenvalue weighted by atomic mass is 9.91. The highest BCUT2D eigenvalue weighted by atomic mass is 16.5. The molecule has 0 aliphatic rings. The van der Waals surface area contributed by atoms with Crippen LogP contribution in [0.25, 0.3) is 0 Å². The maximum Gasteiger partial charge on any atom is 0.161 e. The number of rotatable bonds is 8. The Bertz CT molecular complexity index is 628. The molecule has 0 bridgehead atoms. The van der Waals surface area contributed by atoms with Crippen LogP contribution in [0.2, 0.25) is 0 Å². The zero-order chi connectivity index (χ0) is 16.7. The van der Waals surface area contributed by atoms with Gasteiger partial charge in [0.2, 0.25) is 0 Å². The van der Waals surface area contributed by atoms with E-state index in [2.05, 4.69) is 12.1 Å². The summed E-state index contributed by atoms with van der Waals surface area (Å²) in [7, 11) is 3.34. The van der Waals surface area contributed by atoms with Gasteiger partial charge in [0.05, 0.1) is 20.8 Å². The average molecular weight is 315 g/mol. The molecule has 0 aromatic heterocycles. The lowest BCUT2D eigenvalue weighted by molar-refractivity contribution is 0.310. The third-order valence-corrected chi connectivity index (χ3v) is 3.87. The molecule has 0 saturated carbocycles. The van der Waals surface area contributed by atoms with Crippen LogP contribution >= 0.6 is 0 Å². The van der Waals surface area contributed by atoms with Crippen LogP contribution in [0.15, 0.2) is 42.5 Å². The Labute approximate surface area is 138 Å². The Balaban J connectivity index is 2.25. The summed E-state index contributed by atoms with van der Waals surface area (Å²) in [5, 5.41) is 0. The molecule has 0 saturated heterocycles. The number of nitrogens with two attached hydrogens (primary N) is 1. The van der Waals surface area contributed by atoms with Crippen LogP contribution in [0.3, 0.4) is 0 Å². The summed E-state index contributed by atoms with van der Waals surface area (Å²) in [6.45, 7) is 3.12. The van der Waals surface area contributed by atoms with E-state index in [1.807, 2.05) is 37.3 Å². The second-order valence-electron chi connectivity index (χ2n) is 5.30. The van der Waals surface area contributed by atoms with E-state index in [4.69, 9.17) is 19.9 Å². The van der Waals surface area contributed by atoms with E-state index in [1.165, 1.54) is 0 Å². The Morgan fingerprint density at radius 1 is 0.957 bits per heavy atom. The third kappa shape index (κ3) is 4.17. The first-order valence-corrected chi connectivity index (χ1v) is 7.86. The van der Waals surface area contributed by atoms with Gasteiger partial charge in [-0.2, -0.15) is 0 Å². The molecule has 2 rings (SSSR count). The van der Waals surface area contributed by atoms with Gasteiger partial charge in [0, 0.05) is 5.92 Å². The number of ether oxygens (including phenoxy) is 3. The van der Waals surface area contributed by atoms with Crippen molar-refractivity contribution in [3.05, 3.63) is 53.6 Å². The van der Waals surface area contributed by atoms with Gasteiger partial charge in [-0.1, -0.05) is 24.3 Å². The number of methoxy groups -OCH3 is 2. The van der Waals surface area contributed by atoms with Gasteiger partial charge in [-0.25, -0.2) is 0 Å². The van der Waals surface area contributed by atoms with E-state index >= 15 is 0 Å². The van der Waals surface area contributed by atoms with E-state index in [0.717, 1.165) is 34.8 Å². The molecule has 0 aliphatic heterocycles. The van der Waals surface area contributed by atoms with Crippen molar-refractivity contribution < 1.29 is 14.2 Å². The zero-order valence-electron chi connectivity index (χ0n) is 14.0. The molecule has 23 heavy (non-hydrogen) atoms. The molecule has 2 N–H and O–H groups in total. The zero-order valence-corrected chi connectivity index (χ0v) is 14.0. The molecular weight excluding hydrogens is 290 g/mol. The lowest BCUT2D eigenvalue weighted by Crippen LogP contribution is -2.16. The summed E-state index contributed by atoms with van der Waals surface area (Å²) in [6.07, 6.45) is 0.819. The number of hydrogen-bond donors (Lipinski definition) is 1. The lowest BCUT2D eigenvalue weighted by Gasteiger charge is -2.19. The molecule has 0 spiro atoms. The van der Waals surface area contributed by atoms with Gasteiger partial charge in [-0.15, -0.1) is 0 Å². The molecule has 124 valence electrons. The summed E-state index contributed by atoms with van der Waals surface area (Å²) in [5.74, 6) is 2.58. The van der Waals surface area contributed by atoms with Gasteiger partial charge in [0.1, 0.15) is 5.75 Å². The van der Waals surface area contributed by atoms with Crippen LogP contribution in [0.1, 0.15) is 24.0 Å². The second kappa shape index (κ2) is 8.44. The van der Waals surface area contributed by atoms with E-state index in [0.29, 0.717) is 13.2 Å². The van der Waals surface area contributed by atoms with E-state index in [1.54, 1.807) is 14.2 Å². The summed E-state index contributed by atoms with van der Waals surface area (Å²) in [6, 6.07) is 14.1. The minimum Gasteiger partial charge on any atom is -0.496 e. The fourth-order valence-corrected chi connectivity index (χ4v) is 2.72. The number of para-hydroxylation sites is 1. The molecule has 4 nitrogen and oxygen atoms in total. The summed E-state index contributed by atoms with van der Waals surface area (Å²) >= 11 is 0. The van der Waals surface area contributed by atoms with Gasteiger partial charge in [0.15, 0.2) is 11.5 Å². The minimum atomic E-state index is 0.189. The van der Waals surface area contributed by atoms with Crippen LogP contribution in [0, 0.1) is 0 Å². The monoisotopic (exact) mass is 315 g/mol. The molecule has 1 atom stereocenters. The van der Waals surface area contributed by atoms with Gasteiger partial charge in [-0.05, 0) is 49.2 Å². The van der Waals surface area contributed by atoms with Crippen molar-refractivity contribution in [2.24, 2.45) is 5.73 Å². The predicted octanol–water partition coefficient (Wildman–Crippen LogP) is 3.39. The number of hydrogen-bond acceptors (Lipinski definition) is 4. The fraction of sp³-hybridized carbons (Fsp3) is 0.368. The molecule has 2 aromatic carbocycles. The highest BCUT2D eigenvalue weighted by molar-refractivity contribution is 5.44. The van der Waals surface area contributed by atoms with Crippen molar-refractivity contribution >= 4 is 0 Å². The highest BCUT2D eigenvalue weighted by Crippen LogP contribution is 2.32. The molecule has 0 amide bonds. The average Bonchev–Trinajstić information content (AvgIpc) is 2.60. The van der Waals surface area contributed by atoms with E-state index < -0.39 is 0 Å². The maximum atomic E-state index is 6.01. The van der Waals surface area contributed by atoms with Gasteiger partial charge >= 0.3 is 0 Å². The molecule has 1 unspecified atom stereocenters. The van der Waals surface area contributed by atoms with Gasteiger partial charge < -0.3 is 19.9 Å². The van der Waals surface area contributed by atoms with Crippen molar-refractivity contribution in [1.82, 2.24) is 0 Å². The molecular formula is C19H25NO3. The van der Waals surface area contributed by atoms with Crippen LogP contribution < -0.4 is 19.9 Å². The summed E-state index contributed by atoms with van der Waals surface area (Å²) < 4.78 is 16.5. The van der Waals surface area contributed by atoms with Crippen molar-refractivity contribution in [2.75, 3.05) is 27.4 Å². The van der Waals surface area contributed by atoms with Gasteiger partial charge in [-0.3, -0.25) is 0 Å². The van der Waals surface area contributed by atoms with Crippen LogP contribution in [0.5, 0.6) is 17.2 Å². The first kappa shape index (κ1) is 17.2. The van der Waals surface area contributed by atoms with E-state index in [9.17, 15) is 0 Å². The SMILES string of the molecule is CCOc1ccc(CC(CN)c2ccccc2OC)cc1OC. The molecule has 2 aromatic rings. The predicted molar refractivity (Wildman–Crippen MR) is 92.7 cm³/mol. The smallest absolute Gasteiger partial charge is 0.161 e. The molecule has 0 aliphatic carbocycles. The van der Waals surface area contributed by atoms with Crippen LogP contribution in [0.4, 0.5) is 0 Å². The van der Waals surface area contributed by atoms with Crippen molar-refractivity contribution in [3.63, 3.8) is 0 Å². The second-order valence-corrected chi connectivity index (χ2v) is 5.30. The Morgan fingerprint density at radius 3 is 2.35 bits per heavy atom. The first-order chi connectivity index (χ1) is 11.2. The highest BCUT2D eigenvalue weighted by Gasteiger charge is 2.16. The van der Waals surface area contributed by atoms with Crippen molar-refractivity contribution in [1.29, 1.82) is 0 Å². The molecule has 0 fully saturated rings. The normalized spacial score (nSPS) is 11.8. The summed E-state index contributed by atoms with van der Waals surface area (Å²) in [4.78, 5) is 0. The maximum absolute atomic E-state index is 6.01. The molecule has 4 heteroatoms. The summed E-state index contributed by atoms with van der Waals surface area (Å²) in [5.41, 5.74) is 8.30. The van der Waals surface area contributed by atoms with E-state index in [-0.39, 0.29) is 5.92 Å². The quantitative estimate of drug-likeness (QED) is 0.811. The largest absolute Gasteiger partial charge is 0.496 e. The van der Waals surface area contributed by atoms with Gasteiger partial charge in [0.25, 0.3) is 0 Å². The van der Waals surface area contributed by atoms with Crippen LogP contribution in [-0.4, -0.2) is 27.4 Å². The van der Waals surface area contributed by atoms with Crippen molar-refractivity contribution in [2.45, 2.75) is 19.3 Å². The van der Waals surface area contributed by atoms with Crippen molar-refractivity contribution in [3.8, 4) is 17.2 Å². The molecule has 0 heterocycles. The minimum absolute atomic E-state index is 0.189. The standard InChI is InChI=1S/C19H25NO3/c1-4-23-18-10-9-14(12-19(18)22-3)11-15(13-20)16-7-5-6-8-17(16)21-2/h5-10,12,15H,4,11,13,20H2,1-3H3. The number of benzene rings is 2. The Kier molecular flexibility index (Phi) is 6.29. The first-order valence-electron chi connectivity index (χ1n) is 7.86. The topological polar surface area (TPSA) is 53.7 Å².